The normalized spacial score (nSPS) is 9.29. The van der Waals surface area contributed by atoms with Crippen LogP contribution >= 0.6 is 23.2 Å². The van der Waals surface area contributed by atoms with Gasteiger partial charge in [-0.3, -0.25) is 4.79 Å². The van der Waals surface area contributed by atoms with Gasteiger partial charge < -0.3 is 5.32 Å². The fraction of sp³-hybridized carbons (Fsp3) is 0. The number of hydrogen-bond acceptors (Lipinski definition) is 2. The van der Waals surface area contributed by atoms with Crippen molar-refractivity contribution in [1.29, 1.82) is 5.26 Å². The second-order valence-corrected chi connectivity index (χ2v) is 3.09. The van der Waals surface area contributed by atoms with Gasteiger partial charge in [0.25, 0.3) is 0 Å². The monoisotopic (exact) mass is 232 g/mol. The lowest BCUT2D eigenvalue weighted by atomic mass is 10.2. The smallest absolute Gasteiger partial charge is 0.211 e. The largest absolute Gasteiger partial charge is 0.326 e. The van der Waals surface area contributed by atoms with Crippen LogP contribution in [0.2, 0.25) is 10.0 Å². The van der Waals surface area contributed by atoms with Crippen molar-refractivity contribution in [2.45, 2.75) is 0 Å². The summed E-state index contributed by atoms with van der Waals surface area (Å²) in [5.41, 5.74) is -0.458. The summed E-state index contributed by atoms with van der Waals surface area (Å²) in [5.74, 6) is -0.900. The minimum absolute atomic E-state index is 0.0139. The van der Waals surface area contributed by atoms with Crippen LogP contribution in [0.1, 0.15) is 5.56 Å². The zero-order valence-electron chi connectivity index (χ0n) is 6.64. The van der Waals surface area contributed by atoms with Crippen LogP contribution in [0, 0.1) is 17.1 Å². The number of halogens is 3. The van der Waals surface area contributed by atoms with Crippen LogP contribution in [0.5, 0.6) is 0 Å². The van der Waals surface area contributed by atoms with Crippen LogP contribution in [-0.2, 0) is 4.79 Å². The summed E-state index contributed by atoms with van der Waals surface area (Å²) in [6.07, 6.45) is 0.301. The molecule has 0 bridgehead atoms. The molecule has 14 heavy (non-hydrogen) atoms. The van der Waals surface area contributed by atoms with E-state index in [1.54, 1.807) is 6.07 Å². The van der Waals surface area contributed by atoms with Gasteiger partial charge in [0.15, 0.2) is 5.82 Å². The summed E-state index contributed by atoms with van der Waals surface area (Å²) in [7, 11) is 0. The van der Waals surface area contributed by atoms with Gasteiger partial charge in [-0.25, -0.2) is 4.39 Å². The number of anilines is 1. The zero-order chi connectivity index (χ0) is 10.7. The number of carbonyl (C=O) groups excluding carboxylic acids is 1. The van der Waals surface area contributed by atoms with Crippen molar-refractivity contribution in [3.05, 3.63) is 27.5 Å². The fourth-order valence-electron chi connectivity index (χ4n) is 0.900. The summed E-state index contributed by atoms with van der Waals surface area (Å²) in [5, 5.41) is 10.5. The summed E-state index contributed by atoms with van der Waals surface area (Å²) < 4.78 is 13.2. The number of benzene rings is 1. The third-order valence-corrected chi connectivity index (χ3v) is 2.06. The summed E-state index contributed by atoms with van der Waals surface area (Å²) in [4.78, 5) is 10.2. The van der Waals surface area contributed by atoms with Crippen molar-refractivity contribution in [3.8, 4) is 6.07 Å². The van der Waals surface area contributed by atoms with Gasteiger partial charge in [-0.2, -0.15) is 5.26 Å². The maximum absolute atomic E-state index is 13.2. The molecule has 1 amide bonds. The second kappa shape index (κ2) is 4.27. The number of amides is 1. The van der Waals surface area contributed by atoms with Gasteiger partial charge in [0.1, 0.15) is 11.6 Å². The maximum atomic E-state index is 13.2. The van der Waals surface area contributed by atoms with E-state index >= 15 is 0 Å². The van der Waals surface area contributed by atoms with Crippen molar-refractivity contribution in [1.82, 2.24) is 0 Å². The SMILES string of the molecule is N#Cc1c(F)c(Cl)cc(Cl)c1NC=O. The minimum Gasteiger partial charge on any atom is -0.326 e. The van der Waals surface area contributed by atoms with Crippen molar-refractivity contribution in [2.75, 3.05) is 5.32 Å². The molecule has 1 rings (SSSR count). The first-order chi connectivity index (χ1) is 6.61. The quantitative estimate of drug-likeness (QED) is 0.630. The molecule has 1 N–H and O–H groups in total. The van der Waals surface area contributed by atoms with E-state index in [0.29, 0.717) is 6.41 Å². The van der Waals surface area contributed by atoms with Crippen LogP contribution < -0.4 is 5.32 Å². The molecule has 0 unspecified atom stereocenters. The molecular weight excluding hydrogens is 230 g/mol. The average Bonchev–Trinajstić information content (AvgIpc) is 2.15. The van der Waals surface area contributed by atoms with Crippen LogP contribution in [0.3, 0.4) is 0 Å². The molecule has 0 aromatic heterocycles. The fourth-order valence-corrected chi connectivity index (χ4v) is 1.42. The van der Waals surface area contributed by atoms with Gasteiger partial charge in [-0.1, -0.05) is 23.2 Å². The van der Waals surface area contributed by atoms with Gasteiger partial charge in [0.05, 0.1) is 15.7 Å². The molecule has 0 saturated carbocycles. The summed E-state index contributed by atoms with van der Waals surface area (Å²) in [6, 6.07) is 2.68. The molecule has 0 aliphatic rings. The summed E-state index contributed by atoms with van der Waals surface area (Å²) in [6.45, 7) is 0. The zero-order valence-corrected chi connectivity index (χ0v) is 8.16. The lowest BCUT2D eigenvalue weighted by molar-refractivity contribution is -0.105. The van der Waals surface area contributed by atoms with E-state index in [1.807, 2.05) is 0 Å². The molecule has 6 heteroatoms. The number of nitrogens with one attached hydrogen (secondary N) is 1. The lowest BCUT2D eigenvalue weighted by Crippen LogP contribution is -2.00. The summed E-state index contributed by atoms with van der Waals surface area (Å²) >= 11 is 11.1. The number of nitriles is 1. The van der Waals surface area contributed by atoms with Gasteiger partial charge in [0.2, 0.25) is 6.41 Å². The molecule has 3 nitrogen and oxygen atoms in total. The van der Waals surface area contributed by atoms with Crippen molar-refractivity contribution in [2.24, 2.45) is 0 Å². The van der Waals surface area contributed by atoms with Gasteiger partial charge >= 0.3 is 0 Å². The molecule has 1 aromatic rings. The predicted molar refractivity (Wildman–Crippen MR) is 50.8 cm³/mol. The van der Waals surface area contributed by atoms with E-state index in [0.717, 1.165) is 6.07 Å². The van der Waals surface area contributed by atoms with Crippen LogP contribution in [0.4, 0.5) is 10.1 Å². The minimum atomic E-state index is -0.900. The number of carbonyl (C=O) groups is 1. The first-order valence-electron chi connectivity index (χ1n) is 3.39. The van der Waals surface area contributed by atoms with E-state index in [1.165, 1.54) is 0 Å². The molecule has 1 aromatic carbocycles. The number of hydrogen-bond donors (Lipinski definition) is 1. The maximum Gasteiger partial charge on any atom is 0.211 e. The van der Waals surface area contributed by atoms with E-state index < -0.39 is 5.82 Å². The first-order valence-corrected chi connectivity index (χ1v) is 4.15. The number of nitrogens with zero attached hydrogens (tertiary/aromatic N) is 1. The Morgan fingerprint density at radius 2 is 2.14 bits per heavy atom. The Morgan fingerprint density at radius 1 is 1.50 bits per heavy atom. The molecular formula is C8H3Cl2FN2O. The predicted octanol–water partition coefficient (Wildman–Crippen LogP) is 2.57. The molecule has 0 spiro atoms. The Balaban J connectivity index is 3.48. The third-order valence-electron chi connectivity index (χ3n) is 1.49. The van der Waals surface area contributed by atoms with E-state index in [-0.39, 0.29) is 21.3 Å². The molecule has 0 radical (unpaired) electrons. The van der Waals surface area contributed by atoms with Crippen molar-refractivity contribution < 1.29 is 9.18 Å². The second-order valence-electron chi connectivity index (χ2n) is 2.28. The van der Waals surface area contributed by atoms with Crippen molar-refractivity contribution >= 4 is 35.3 Å². The molecule has 0 saturated heterocycles. The molecule has 72 valence electrons. The topological polar surface area (TPSA) is 52.9 Å². The van der Waals surface area contributed by atoms with Crippen LogP contribution in [-0.4, -0.2) is 6.41 Å². The van der Waals surface area contributed by atoms with Gasteiger partial charge in [-0.15, -0.1) is 0 Å². The highest BCUT2D eigenvalue weighted by Crippen LogP contribution is 2.32. The highest BCUT2D eigenvalue weighted by Gasteiger charge is 2.15. The highest BCUT2D eigenvalue weighted by atomic mass is 35.5. The molecule has 0 heterocycles. The number of rotatable bonds is 2. The third kappa shape index (κ3) is 1.79. The van der Waals surface area contributed by atoms with E-state index in [2.05, 4.69) is 5.32 Å². The Hall–Kier alpha value is -1.31. The van der Waals surface area contributed by atoms with E-state index in [4.69, 9.17) is 28.5 Å². The lowest BCUT2D eigenvalue weighted by Gasteiger charge is -2.06. The standard InChI is InChI=1S/C8H3Cl2FN2O/c9-5-1-6(10)8(13-3-14)4(2-12)7(5)11/h1,3H,(H,13,14). The van der Waals surface area contributed by atoms with Gasteiger partial charge in [0, 0.05) is 0 Å². The van der Waals surface area contributed by atoms with Crippen LogP contribution in [0.25, 0.3) is 0 Å². The molecule has 0 atom stereocenters. The Morgan fingerprint density at radius 3 is 2.64 bits per heavy atom. The van der Waals surface area contributed by atoms with Crippen LogP contribution in [0.15, 0.2) is 6.07 Å². The Kier molecular flexibility index (Phi) is 3.28. The molecule has 0 aliphatic carbocycles. The van der Waals surface area contributed by atoms with E-state index in [9.17, 15) is 9.18 Å². The first kappa shape index (κ1) is 10.8. The Bertz CT molecular complexity index is 428. The molecule has 0 fully saturated rings. The van der Waals surface area contributed by atoms with Crippen molar-refractivity contribution in [3.63, 3.8) is 0 Å². The average molecular weight is 233 g/mol. The Labute approximate surface area is 89.0 Å². The van der Waals surface area contributed by atoms with Gasteiger partial charge in [-0.05, 0) is 6.07 Å². The highest BCUT2D eigenvalue weighted by molar-refractivity contribution is 6.37. The molecule has 0 aliphatic heterocycles.